The molecule has 19 atom stereocenters. The third-order valence-corrected chi connectivity index (χ3v) is 11.3. The Morgan fingerprint density at radius 1 is 0.554 bits per heavy atom. The summed E-state index contributed by atoms with van der Waals surface area (Å²) in [6.45, 7) is 2.27. The highest BCUT2D eigenvalue weighted by atomic mass is 16.8. The van der Waals surface area contributed by atoms with Crippen LogP contribution in [-0.2, 0) is 75.8 Å². The molecule has 0 aromatic carbocycles. The highest BCUT2D eigenvalue weighted by molar-refractivity contribution is 5.22. The molecule has 1 aliphatic carbocycles. The van der Waals surface area contributed by atoms with Gasteiger partial charge in [-0.1, -0.05) is 6.08 Å². The Balaban J connectivity index is 1.60. The van der Waals surface area contributed by atoms with Crippen LogP contribution < -0.4 is 5.32 Å². The smallest absolute Gasteiger partial charge is 0.187 e. The van der Waals surface area contributed by atoms with Gasteiger partial charge in [-0.15, -0.1) is 0 Å². The second-order valence-corrected chi connectivity index (χ2v) is 14.2. The zero-order chi connectivity index (χ0) is 41.1. The van der Waals surface area contributed by atoms with Crippen molar-refractivity contribution in [3.63, 3.8) is 0 Å². The van der Waals surface area contributed by atoms with Crippen molar-refractivity contribution in [1.82, 2.24) is 5.32 Å². The monoisotopic (exact) mass is 813 g/mol. The van der Waals surface area contributed by atoms with Crippen LogP contribution in [0.3, 0.4) is 0 Å². The van der Waals surface area contributed by atoms with E-state index in [1.54, 1.807) is 49.8 Å². The zero-order valence-electron chi connectivity index (χ0n) is 34.8. The van der Waals surface area contributed by atoms with E-state index >= 15 is 0 Å². The van der Waals surface area contributed by atoms with Crippen LogP contribution in [0, 0.1) is 5.92 Å². The van der Waals surface area contributed by atoms with Crippen LogP contribution in [0.4, 0.5) is 0 Å². The van der Waals surface area contributed by atoms with E-state index in [-0.39, 0.29) is 31.8 Å². The third-order valence-electron chi connectivity index (χ3n) is 11.3. The average Bonchev–Trinajstić information content (AvgIpc) is 3.19. The third kappa shape index (κ3) is 10.3. The summed E-state index contributed by atoms with van der Waals surface area (Å²) >= 11 is 0. The van der Waals surface area contributed by atoms with Gasteiger partial charge in [0.15, 0.2) is 18.9 Å². The Kier molecular flexibility index (Phi) is 19.7. The van der Waals surface area contributed by atoms with Crippen LogP contribution in [-0.4, -0.2) is 225 Å². The van der Waals surface area contributed by atoms with Gasteiger partial charge < -0.3 is 91.3 Å². The van der Waals surface area contributed by atoms with Crippen molar-refractivity contribution in [2.45, 2.75) is 117 Å². The Morgan fingerprint density at radius 3 is 1.52 bits per heavy atom. The van der Waals surface area contributed by atoms with E-state index in [2.05, 4.69) is 5.32 Å². The van der Waals surface area contributed by atoms with E-state index in [0.717, 1.165) is 5.57 Å². The molecule has 0 radical (unpaired) electrons. The van der Waals surface area contributed by atoms with Gasteiger partial charge in [0.05, 0.1) is 50.7 Å². The molecule has 0 bridgehead atoms. The molecule has 328 valence electrons. The van der Waals surface area contributed by atoms with E-state index in [0.29, 0.717) is 6.61 Å². The van der Waals surface area contributed by atoms with Gasteiger partial charge >= 0.3 is 0 Å². The van der Waals surface area contributed by atoms with Crippen molar-refractivity contribution in [2.75, 3.05) is 105 Å². The molecule has 3 fully saturated rings. The van der Waals surface area contributed by atoms with Gasteiger partial charge in [-0.2, -0.15) is 0 Å². The molecule has 3 saturated heterocycles. The van der Waals surface area contributed by atoms with Gasteiger partial charge in [0.2, 0.25) is 0 Å². The van der Waals surface area contributed by atoms with Crippen molar-refractivity contribution in [2.24, 2.45) is 5.92 Å². The summed E-state index contributed by atoms with van der Waals surface area (Å²) in [4.78, 5) is 0. The molecule has 0 spiro atoms. The normalized spacial score (nSPS) is 43.5. The molecule has 19 heteroatoms. The lowest BCUT2D eigenvalue weighted by molar-refractivity contribution is -0.380. The largest absolute Gasteiger partial charge is 0.396 e. The lowest BCUT2D eigenvalue weighted by Gasteiger charge is -2.51. The van der Waals surface area contributed by atoms with Crippen molar-refractivity contribution in [3.05, 3.63) is 11.6 Å². The molecular weight excluding hydrogens is 746 g/mol. The number of ether oxygens (including phenoxy) is 16. The van der Waals surface area contributed by atoms with Crippen LogP contribution in [0.5, 0.6) is 0 Å². The lowest BCUT2D eigenvalue weighted by Crippen LogP contribution is -2.69. The summed E-state index contributed by atoms with van der Waals surface area (Å²) in [5, 5.41) is 24.6. The predicted molar refractivity (Wildman–Crippen MR) is 195 cm³/mol. The second kappa shape index (κ2) is 23.1. The summed E-state index contributed by atoms with van der Waals surface area (Å²) in [5.74, 6) is -0.308. The first-order chi connectivity index (χ1) is 27.1. The maximum absolute atomic E-state index is 10.7. The first kappa shape index (κ1) is 47.7. The van der Waals surface area contributed by atoms with Crippen LogP contribution >= 0.6 is 0 Å². The summed E-state index contributed by atoms with van der Waals surface area (Å²) < 4.78 is 96.2. The first-order valence-electron chi connectivity index (χ1n) is 18.8. The molecule has 56 heavy (non-hydrogen) atoms. The Hall–Kier alpha value is -1.02. The summed E-state index contributed by atoms with van der Waals surface area (Å²) in [7, 11) is 17.0. The Bertz CT molecular complexity index is 1160. The average molecular weight is 814 g/mol. The zero-order valence-corrected chi connectivity index (χ0v) is 34.8. The number of hydrogen-bond acceptors (Lipinski definition) is 19. The van der Waals surface area contributed by atoms with Gasteiger partial charge in [-0.25, -0.2) is 0 Å². The van der Waals surface area contributed by atoms with Crippen molar-refractivity contribution < 1.29 is 86.0 Å². The summed E-state index contributed by atoms with van der Waals surface area (Å²) in [6, 6.07) is -0.786. The van der Waals surface area contributed by atoms with Gasteiger partial charge in [0.1, 0.15) is 67.1 Å². The number of aliphatic hydroxyl groups is 2. The van der Waals surface area contributed by atoms with Crippen molar-refractivity contribution in [3.8, 4) is 0 Å². The number of methoxy groups -OCH3 is 11. The maximum Gasteiger partial charge on any atom is 0.187 e. The molecule has 3 heterocycles. The van der Waals surface area contributed by atoms with E-state index < -0.39 is 104 Å². The molecule has 4 rings (SSSR count). The maximum atomic E-state index is 10.7. The first-order valence-corrected chi connectivity index (χ1v) is 18.8. The van der Waals surface area contributed by atoms with E-state index in [9.17, 15) is 10.2 Å². The van der Waals surface area contributed by atoms with Crippen molar-refractivity contribution >= 4 is 0 Å². The number of aliphatic hydroxyl groups excluding tert-OH is 2. The molecular formula is C37H67NO18. The van der Waals surface area contributed by atoms with Gasteiger partial charge in [-0.05, 0) is 12.5 Å². The second-order valence-electron chi connectivity index (χ2n) is 14.2. The minimum absolute atomic E-state index is 0.0835. The lowest BCUT2D eigenvalue weighted by atomic mass is 9.80. The van der Waals surface area contributed by atoms with Crippen LogP contribution in [0.2, 0.25) is 0 Å². The van der Waals surface area contributed by atoms with Crippen molar-refractivity contribution in [1.29, 1.82) is 0 Å². The van der Waals surface area contributed by atoms with E-state index in [1.807, 2.05) is 13.0 Å². The van der Waals surface area contributed by atoms with E-state index in [1.165, 1.54) is 28.4 Å². The fraction of sp³-hybridized carbons (Fsp3) is 0.946. The number of rotatable bonds is 21. The molecule has 0 saturated carbocycles. The fourth-order valence-corrected chi connectivity index (χ4v) is 8.60. The minimum Gasteiger partial charge on any atom is -0.396 e. The van der Waals surface area contributed by atoms with Crippen LogP contribution in [0.25, 0.3) is 0 Å². The highest BCUT2D eigenvalue weighted by Crippen LogP contribution is 2.37. The number of nitrogens with one attached hydrogen (secondary N) is 1. The fourth-order valence-electron chi connectivity index (χ4n) is 8.60. The molecule has 3 N–H and O–H groups in total. The van der Waals surface area contributed by atoms with E-state index in [4.69, 9.17) is 75.8 Å². The Labute approximate surface area is 330 Å². The Morgan fingerprint density at radius 2 is 1.04 bits per heavy atom. The minimum atomic E-state index is -1.28. The standard InChI is InChI=1S/C37H67NO18/c1-18-24(38-21-13-19(15-41-2)20(14-39)25(44-5)26(21)45-6)29(46-7)33(50-11)36(52-18)55-28-23(17-43-4)54-37(34(51-12)31(28)48-9)56-27-22(16-42-3)53-35(40)32(49-10)30(27)47-8/h13,18,20-40H,14-17H2,1-12H3/t18?,20-,21+,22?,23?,24-,25-,26?,27-,28-,29-,30-,31-,32?,33?,34?,35?,36-,37-/m0/s1. The summed E-state index contributed by atoms with van der Waals surface area (Å²) in [5.41, 5.74) is 0.886. The predicted octanol–water partition coefficient (Wildman–Crippen LogP) is -1.12. The highest BCUT2D eigenvalue weighted by Gasteiger charge is 2.56. The quantitative estimate of drug-likeness (QED) is 0.118. The van der Waals surface area contributed by atoms with Crippen LogP contribution in [0.15, 0.2) is 11.6 Å². The molecule has 0 amide bonds. The topological polar surface area (TPSA) is 200 Å². The summed E-state index contributed by atoms with van der Waals surface area (Å²) in [6.07, 6.45) is -10.4. The number of hydrogen-bond donors (Lipinski definition) is 3. The van der Waals surface area contributed by atoms with Gasteiger partial charge in [0, 0.05) is 84.1 Å². The molecule has 8 unspecified atom stereocenters. The van der Waals surface area contributed by atoms with Crippen LogP contribution in [0.1, 0.15) is 6.92 Å². The SMILES string of the molecule is COCC1=C[C@@H](N[C@H]2C(C)O[C@@H](O[C@H]3C(COC)O[C@@H](O[C@H]4C(COC)OC(O)C(OC)[C@H]4OC)C(OC)[C@H]3OC)C(OC)[C@H]2OC)C(OC)[C@@H](OC)[C@H]1CO. The molecule has 0 aromatic heterocycles. The molecule has 3 aliphatic heterocycles. The van der Waals surface area contributed by atoms with Gasteiger partial charge in [-0.3, -0.25) is 0 Å². The molecule has 0 aromatic rings. The van der Waals surface area contributed by atoms with Gasteiger partial charge in [0.25, 0.3) is 0 Å². The molecule has 19 nitrogen and oxygen atoms in total. The molecule has 4 aliphatic rings.